The number of amides is 4. The summed E-state index contributed by atoms with van der Waals surface area (Å²) in [7, 11) is 1.52. The van der Waals surface area contributed by atoms with Crippen molar-refractivity contribution in [1.82, 2.24) is 10.6 Å². The van der Waals surface area contributed by atoms with Crippen LogP contribution in [0.1, 0.15) is 29.8 Å². The highest BCUT2D eigenvalue weighted by atomic mass is 16.2. The van der Waals surface area contributed by atoms with E-state index in [1.807, 2.05) is 26.8 Å². The highest BCUT2D eigenvalue weighted by Gasteiger charge is 2.25. The molecule has 2 aromatic rings. The molecule has 1 unspecified atom stereocenters. The molecule has 0 saturated carbocycles. The predicted molar refractivity (Wildman–Crippen MR) is 110 cm³/mol. The van der Waals surface area contributed by atoms with Crippen LogP contribution in [-0.4, -0.2) is 30.9 Å². The number of anilines is 2. The van der Waals surface area contributed by atoms with Crippen molar-refractivity contribution < 1.29 is 14.4 Å². The third-order valence-electron chi connectivity index (χ3n) is 4.13. The summed E-state index contributed by atoms with van der Waals surface area (Å²) in [4.78, 5) is 36.7. The Hall–Kier alpha value is -3.35. The number of carbonyl (C=O) groups excluding carboxylic acids is 3. The number of carbonyl (C=O) groups is 3. The van der Waals surface area contributed by atoms with Gasteiger partial charge in [0.05, 0.1) is 0 Å². The van der Waals surface area contributed by atoms with Gasteiger partial charge in [0, 0.05) is 24.0 Å². The Labute approximate surface area is 164 Å². The Morgan fingerprint density at radius 2 is 1.54 bits per heavy atom. The molecule has 0 aliphatic carbocycles. The number of urea groups is 1. The smallest absolute Gasteiger partial charge is 0.318 e. The first-order valence-corrected chi connectivity index (χ1v) is 9.07. The van der Waals surface area contributed by atoms with E-state index in [0.29, 0.717) is 16.9 Å². The number of hydrogen-bond acceptors (Lipinski definition) is 3. The van der Waals surface area contributed by atoms with Gasteiger partial charge in [-0.3, -0.25) is 9.59 Å². The molecule has 148 valence electrons. The van der Waals surface area contributed by atoms with Gasteiger partial charge in [-0.15, -0.1) is 0 Å². The quantitative estimate of drug-likeness (QED) is 0.618. The highest BCUT2D eigenvalue weighted by Crippen LogP contribution is 2.16. The molecule has 0 radical (unpaired) electrons. The molecule has 0 saturated heterocycles. The molecule has 7 heteroatoms. The van der Waals surface area contributed by atoms with Crippen molar-refractivity contribution in [3.63, 3.8) is 0 Å². The minimum absolute atomic E-state index is 0.110. The van der Waals surface area contributed by atoms with Gasteiger partial charge in [-0.25, -0.2) is 4.79 Å². The Morgan fingerprint density at radius 3 is 2.14 bits per heavy atom. The summed E-state index contributed by atoms with van der Waals surface area (Å²) in [5.41, 5.74) is 2.55. The van der Waals surface area contributed by atoms with Gasteiger partial charge in [0.25, 0.3) is 5.91 Å². The van der Waals surface area contributed by atoms with Gasteiger partial charge in [0.15, 0.2) is 0 Å². The van der Waals surface area contributed by atoms with E-state index in [1.54, 1.807) is 42.5 Å². The number of rotatable bonds is 6. The van der Waals surface area contributed by atoms with Crippen molar-refractivity contribution in [2.24, 2.45) is 5.92 Å². The van der Waals surface area contributed by atoms with Crippen molar-refractivity contribution in [1.29, 1.82) is 0 Å². The summed E-state index contributed by atoms with van der Waals surface area (Å²) in [6.07, 6.45) is 0. The zero-order chi connectivity index (χ0) is 20.7. The minimum atomic E-state index is -0.705. The molecule has 0 spiro atoms. The Bertz CT molecular complexity index is 864. The van der Waals surface area contributed by atoms with Crippen LogP contribution >= 0.6 is 0 Å². The summed E-state index contributed by atoms with van der Waals surface area (Å²) in [5.74, 6) is -0.735. The van der Waals surface area contributed by atoms with Crippen LogP contribution in [0.15, 0.2) is 48.5 Å². The van der Waals surface area contributed by atoms with Gasteiger partial charge >= 0.3 is 6.03 Å². The molecule has 0 aliphatic heterocycles. The largest absolute Gasteiger partial charge is 0.341 e. The van der Waals surface area contributed by atoms with E-state index >= 15 is 0 Å². The van der Waals surface area contributed by atoms with Crippen LogP contribution < -0.4 is 21.3 Å². The van der Waals surface area contributed by atoms with Crippen LogP contribution in [0.5, 0.6) is 0 Å². The van der Waals surface area contributed by atoms with Crippen LogP contribution in [-0.2, 0) is 4.79 Å². The zero-order valence-electron chi connectivity index (χ0n) is 16.5. The Kier molecular flexibility index (Phi) is 7.14. The first-order chi connectivity index (χ1) is 13.3. The minimum Gasteiger partial charge on any atom is -0.341 e. The standard InChI is InChI=1S/C21H26N4O3/c1-13(2)18(25-19(26)15-8-5-7-14(3)11-15)20(27)23-16-9-6-10-17(12-16)24-21(28)22-4/h5-13,18H,1-4H3,(H,23,27)(H,25,26)(H2,22,24,28). The average Bonchev–Trinajstić information content (AvgIpc) is 2.65. The molecular weight excluding hydrogens is 356 g/mol. The first kappa shape index (κ1) is 21.0. The lowest BCUT2D eigenvalue weighted by Crippen LogP contribution is -2.47. The average molecular weight is 382 g/mol. The maximum Gasteiger partial charge on any atom is 0.318 e. The van der Waals surface area contributed by atoms with Crippen molar-refractivity contribution in [2.45, 2.75) is 26.8 Å². The molecule has 7 nitrogen and oxygen atoms in total. The van der Waals surface area contributed by atoms with Gasteiger partial charge in [0.1, 0.15) is 6.04 Å². The number of hydrogen-bond donors (Lipinski definition) is 4. The van der Waals surface area contributed by atoms with Crippen LogP contribution in [0, 0.1) is 12.8 Å². The van der Waals surface area contributed by atoms with Crippen molar-refractivity contribution >= 4 is 29.2 Å². The summed E-state index contributed by atoms with van der Waals surface area (Å²) < 4.78 is 0. The molecule has 4 N–H and O–H groups in total. The lowest BCUT2D eigenvalue weighted by molar-refractivity contribution is -0.118. The molecule has 2 rings (SSSR count). The van der Waals surface area contributed by atoms with E-state index in [4.69, 9.17) is 0 Å². The fourth-order valence-corrected chi connectivity index (χ4v) is 2.63. The van der Waals surface area contributed by atoms with E-state index in [-0.39, 0.29) is 23.8 Å². The molecule has 28 heavy (non-hydrogen) atoms. The normalized spacial score (nSPS) is 11.5. The van der Waals surface area contributed by atoms with Gasteiger partial charge in [-0.1, -0.05) is 37.6 Å². The zero-order valence-corrected chi connectivity index (χ0v) is 16.5. The van der Waals surface area contributed by atoms with Crippen LogP contribution in [0.2, 0.25) is 0 Å². The second-order valence-corrected chi connectivity index (χ2v) is 6.84. The molecule has 0 fully saturated rings. The first-order valence-electron chi connectivity index (χ1n) is 9.07. The third kappa shape index (κ3) is 5.84. The summed E-state index contributed by atoms with van der Waals surface area (Å²) >= 11 is 0. The third-order valence-corrected chi connectivity index (χ3v) is 4.13. The highest BCUT2D eigenvalue weighted by molar-refractivity contribution is 6.01. The SMILES string of the molecule is CNC(=O)Nc1cccc(NC(=O)C(NC(=O)c2cccc(C)c2)C(C)C)c1. The van der Waals surface area contributed by atoms with Crippen LogP contribution in [0.4, 0.5) is 16.2 Å². The van der Waals surface area contributed by atoms with Crippen LogP contribution in [0.3, 0.4) is 0 Å². The fourth-order valence-electron chi connectivity index (χ4n) is 2.63. The van der Waals surface area contributed by atoms with Crippen molar-refractivity contribution in [3.05, 3.63) is 59.7 Å². The van der Waals surface area contributed by atoms with Crippen LogP contribution in [0.25, 0.3) is 0 Å². The summed E-state index contributed by atoms with van der Waals surface area (Å²) in [6, 6.07) is 12.9. The molecule has 2 aromatic carbocycles. The summed E-state index contributed by atoms with van der Waals surface area (Å²) in [5, 5.41) is 10.7. The molecule has 0 bridgehead atoms. The predicted octanol–water partition coefficient (Wildman–Crippen LogP) is 3.14. The lowest BCUT2D eigenvalue weighted by Gasteiger charge is -2.22. The second-order valence-electron chi connectivity index (χ2n) is 6.84. The molecule has 0 heterocycles. The van der Waals surface area contributed by atoms with Gasteiger partial charge in [0.2, 0.25) is 5.91 Å². The fraction of sp³-hybridized carbons (Fsp3) is 0.286. The van der Waals surface area contributed by atoms with E-state index in [0.717, 1.165) is 5.56 Å². The van der Waals surface area contributed by atoms with E-state index in [2.05, 4.69) is 21.3 Å². The van der Waals surface area contributed by atoms with Gasteiger partial charge in [-0.2, -0.15) is 0 Å². The maximum absolute atomic E-state index is 12.8. The van der Waals surface area contributed by atoms with E-state index in [1.165, 1.54) is 7.05 Å². The van der Waals surface area contributed by atoms with Gasteiger partial charge < -0.3 is 21.3 Å². The second kappa shape index (κ2) is 9.55. The topological polar surface area (TPSA) is 99.3 Å². The Morgan fingerprint density at radius 1 is 0.893 bits per heavy atom. The van der Waals surface area contributed by atoms with E-state index < -0.39 is 6.04 Å². The van der Waals surface area contributed by atoms with E-state index in [9.17, 15) is 14.4 Å². The number of benzene rings is 2. The monoisotopic (exact) mass is 382 g/mol. The molecule has 0 aromatic heterocycles. The lowest BCUT2D eigenvalue weighted by atomic mass is 10.0. The molecular formula is C21H26N4O3. The van der Waals surface area contributed by atoms with Gasteiger partial charge in [-0.05, 0) is 43.2 Å². The number of nitrogens with one attached hydrogen (secondary N) is 4. The Balaban J connectivity index is 2.10. The molecule has 4 amide bonds. The molecule has 1 atom stereocenters. The maximum atomic E-state index is 12.8. The van der Waals surface area contributed by atoms with Crippen molar-refractivity contribution in [3.8, 4) is 0 Å². The van der Waals surface area contributed by atoms with Crippen molar-refractivity contribution in [2.75, 3.05) is 17.7 Å². The number of aryl methyl sites for hydroxylation is 1. The summed E-state index contributed by atoms with van der Waals surface area (Å²) in [6.45, 7) is 5.64. The molecule has 0 aliphatic rings.